The van der Waals surface area contributed by atoms with Crippen LogP contribution in [0.15, 0.2) is 0 Å². The van der Waals surface area contributed by atoms with E-state index in [1.165, 1.54) is 12.8 Å². The topological polar surface area (TPSA) is 9.23 Å². The van der Waals surface area contributed by atoms with E-state index in [1.54, 1.807) is 0 Å². The quantitative estimate of drug-likeness (QED) is 0.543. The molecule has 0 heterocycles. The molecule has 0 saturated heterocycles. The predicted octanol–water partition coefficient (Wildman–Crippen LogP) is 1.97. The van der Waals surface area contributed by atoms with E-state index in [4.69, 9.17) is 11.9 Å². The maximum absolute atomic E-state index is 4.94. The van der Waals surface area contributed by atoms with E-state index in [-0.39, 0.29) is 24.4 Å². The van der Waals surface area contributed by atoms with Crippen LogP contribution in [0.1, 0.15) is 26.2 Å². The first kappa shape index (κ1) is 11.8. The molecule has 0 aliphatic carbocycles. The molecule has 0 bridgehead atoms. The molecule has 3 radical (unpaired) electrons. The molecule has 0 amide bonds. The maximum Gasteiger partial charge on any atom is 0.0682 e. The number of hydrogen-bond donors (Lipinski definition) is 0. The van der Waals surface area contributed by atoms with Crippen molar-refractivity contribution in [1.82, 2.24) is 0 Å². The molecule has 0 N–H and O–H groups in total. The molecule has 0 aromatic rings. The van der Waals surface area contributed by atoms with Crippen molar-refractivity contribution in [2.45, 2.75) is 26.2 Å². The first-order valence-corrected chi connectivity index (χ1v) is 2.96. The van der Waals surface area contributed by atoms with Gasteiger partial charge in [-0.25, -0.2) is 0 Å². The number of rotatable bonds is 4. The molecule has 0 aliphatic heterocycles. The van der Waals surface area contributed by atoms with Gasteiger partial charge in [-0.05, 0) is 6.42 Å². The Labute approximate surface area is 73.4 Å². The minimum atomic E-state index is 0. The van der Waals surface area contributed by atoms with E-state index in [1.807, 2.05) is 0 Å². The van der Waals surface area contributed by atoms with Gasteiger partial charge in [-0.15, -0.1) is 0 Å². The molecule has 49 valence electrons. The van der Waals surface area contributed by atoms with Gasteiger partial charge in [0, 0.05) is 24.4 Å². The van der Waals surface area contributed by atoms with Gasteiger partial charge in [-0.2, -0.15) is 0 Å². The molecule has 1 nitrogen and oxygen atoms in total. The zero-order valence-electron chi connectivity index (χ0n) is 5.06. The summed E-state index contributed by atoms with van der Waals surface area (Å²) in [5.41, 5.74) is 0. The van der Waals surface area contributed by atoms with Crippen LogP contribution in [0.4, 0.5) is 0 Å². The SMILES string of the molecule is CCCCCOCl.[Sb]. The summed E-state index contributed by atoms with van der Waals surface area (Å²) in [5, 5.41) is 0. The van der Waals surface area contributed by atoms with Gasteiger partial charge in [0.1, 0.15) is 0 Å². The van der Waals surface area contributed by atoms with Crippen LogP contribution in [-0.4, -0.2) is 31.0 Å². The van der Waals surface area contributed by atoms with Crippen molar-refractivity contribution in [3.63, 3.8) is 0 Å². The fourth-order valence-electron chi connectivity index (χ4n) is 0.407. The van der Waals surface area contributed by atoms with Gasteiger partial charge in [0.15, 0.2) is 0 Å². The van der Waals surface area contributed by atoms with Gasteiger partial charge < -0.3 is 0 Å². The molecule has 0 rings (SSSR count). The predicted molar refractivity (Wildman–Crippen MR) is 37.1 cm³/mol. The fourth-order valence-corrected chi connectivity index (χ4v) is 0.516. The Hall–Kier alpha value is 1.07. The van der Waals surface area contributed by atoms with Gasteiger partial charge in [-0.1, -0.05) is 19.8 Å². The molecule has 0 spiro atoms. The molecule has 0 aliphatic rings. The van der Waals surface area contributed by atoms with Crippen LogP contribution in [0.5, 0.6) is 0 Å². The largest absolute Gasteiger partial charge is 0.279 e. The standard InChI is InChI=1S/C5H11ClO.Sb/c1-2-3-4-5-7-6;/h2-5H2,1H3;. The summed E-state index contributed by atoms with van der Waals surface area (Å²) < 4.78 is 4.32. The van der Waals surface area contributed by atoms with Crippen molar-refractivity contribution in [2.24, 2.45) is 0 Å². The van der Waals surface area contributed by atoms with Crippen LogP contribution in [0.3, 0.4) is 0 Å². The van der Waals surface area contributed by atoms with Crippen LogP contribution < -0.4 is 0 Å². The molecule has 0 atom stereocenters. The summed E-state index contributed by atoms with van der Waals surface area (Å²) in [7, 11) is 0. The number of hydrogen-bond acceptors (Lipinski definition) is 1. The van der Waals surface area contributed by atoms with Crippen molar-refractivity contribution in [1.29, 1.82) is 0 Å². The third-order valence-corrected chi connectivity index (χ3v) is 0.979. The summed E-state index contributed by atoms with van der Waals surface area (Å²) in [6, 6.07) is 0. The Morgan fingerprint density at radius 3 is 2.38 bits per heavy atom. The van der Waals surface area contributed by atoms with Gasteiger partial charge >= 0.3 is 0 Å². The Morgan fingerprint density at radius 1 is 1.38 bits per heavy atom. The van der Waals surface area contributed by atoms with E-state index in [0.29, 0.717) is 6.61 Å². The molecule has 0 saturated carbocycles. The van der Waals surface area contributed by atoms with E-state index in [0.717, 1.165) is 6.42 Å². The van der Waals surface area contributed by atoms with Crippen LogP contribution in [0.2, 0.25) is 0 Å². The molecular formula is C5H11ClOSb. The Morgan fingerprint density at radius 2 is 2.00 bits per heavy atom. The number of unbranched alkanes of at least 4 members (excludes halogenated alkanes) is 2. The van der Waals surface area contributed by atoms with Gasteiger partial charge in [0.25, 0.3) is 0 Å². The zero-order valence-corrected chi connectivity index (χ0v) is 8.37. The summed E-state index contributed by atoms with van der Waals surface area (Å²) in [5.74, 6) is 0. The average Bonchev–Trinajstić information content (AvgIpc) is 1.69. The van der Waals surface area contributed by atoms with Crippen molar-refractivity contribution in [3.8, 4) is 0 Å². The Bertz CT molecular complexity index is 31.6. The third kappa shape index (κ3) is 10.1. The fraction of sp³-hybridized carbons (Fsp3) is 1.00. The second kappa shape index (κ2) is 10.9. The minimum absolute atomic E-state index is 0. The molecule has 8 heavy (non-hydrogen) atoms. The monoisotopic (exact) mass is 243 g/mol. The summed E-state index contributed by atoms with van der Waals surface area (Å²) in [6.07, 6.45) is 3.52. The van der Waals surface area contributed by atoms with Crippen molar-refractivity contribution < 1.29 is 4.29 Å². The van der Waals surface area contributed by atoms with Crippen LogP contribution in [0, 0.1) is 0 Å². The maximum atomic E-state index is 4.94. The van der Waals surface area contributed by atoms with Gasteiger partial charge in [0.05, 0.1) is 18.5 Å². The number of halogens is 1. The Kier molecular flexibility index (Phi) is 16.2. The Balaban J connectivity index is 0. The molecule has 0 fully saturated rings. The van der Waals surface area contributed by atoms with Crippen molar-refractivity contribution in [2.75, 3.05) is 6.61 Å². The van der Waals surface area contributed by atoms with E-state index in [2.05, 4.69) is 11.2 Å². The smallest absolute Gasteiger partial charge is 0.0682 e. The van der Waals surface area contributed by atoms with Gasteiger partial charge in [-0.3, -0.25) is 4.29 Å². The second-order valence-electron chi connectivity index (χ2n) is 1.52. The average molecular weight is 244 g/mol. The summed E-state index contributed by atoms with van der Waals surface area (Å²) in [6.45, 7) is 2.84. The first-order chi connectivity index (χ1) is 3.41. The summed E-state index contributed by atoms with van der Waals surface area (Å²) in [4.78, 5) is 0. The van der Waals surface area contributed by atoms with Gasteiger partial charge in [0.2, 0.25) is 0 Å². The van der Waals surface area contributed by atoms with E-state index < -0.39 is 0 Å². The minimum Gasteiger partial charge on any atom is -0.279 e. The van der Waals surface area contributed by atoms with Crippen LogP contribution in [0.25, 0.3) is 0 Å². The van der Waals surface area contributed by atoms with E-state index >= 15 is 0 Å². The summed E-state index contributed by atoms with van der Waals surface area (Å²) >= 11 is 4.94. The van der Waals surface area contributed by atoms with Crippen molar-refractivity contribution in [3.05, 3.63) is 0 Å². The first-order valence-electron chi connectivity index (χ1n) is 2.65. The molecule has 3 heteroatoms. The third-order valence-electron chi connectivity index (χ3n) is 0.825. The van der Waals surface area contributed by atoms with Crippen LogP contribution in [-0.2, 0) is 4.29 Å². The molecule has 0 aromatic carbocycles. The normalized spacial score (nSPS) is 8.25. The van der Waals surface area contributed by atoms with Crippen molar-refractivity contribution >= 4 is 36.3 Å². The second-order valence-corrected chi connectivity index (χ2v) is 1.74. The van der Waals surface area contributed by atoms with Crippen LogP contribution >= 0.6 is 11.9 Å². The molecular weight excluding hydrogens is 233 g/mol. The molecule has 0 unspecified atom stereocenters. The van der Waals surface area contributed by atoms with E-state index in [9.17, 15) is 0 Å². The zero-order chi connectivity index (χ0) is 5.54. The molecule has 0 aromatic heterocycles.